The van der Waals surface area contributed by atoms with E-state index in [2.05, 4.69) is 5.32 Å². The molecule has 0 radical (unpaired) electrons. The van der Waals surface area contributed by atoms with Crippen molar-refractivity contribution in [2.45, 2.75) is 0 Å². The predicted octanol–water partition coefficient (Wildman–Crippen LogP) is 0.570. The third kappa shape index (κ3) is 4.82. The van der Waals surface area contributed by atoms with E-state index in [-0.39, 0.29) is 22.8 Å². The molecule has 0 atom stereocenters. The summed E-state index contributed by atoms with van der Waals surface area (Å²) in [4.78, 5) is 21.8. The molecule has 110 valence electrons. The molecular formula is C12H17N3O5. The van der Waals surface area contributed by atoms with Crippen LogP contribution in [0.3, 0.4) is 0 Å². The second-order valence-electron chi connectivity index (χ2n) is 3.89. The van der Waals surface area contributed by atoms with Crippen molar-refractivity contribution in [3.05, 3.63) is 33.9 Å². The number of anilines is 1. The highest BCUT2D eigenvalue weighted by molar-refractivity contribution is 5.95. The normalized spacial score (nSPS) is 10.2. The number of benzene rings is 1. The van der Waals surface area contributed by atoms with Gasteiger partial charge in [-0.05, 0) is 12.1 Å². The highest BCUT2D eigenvalue weighted by Gasteiger charge is 2.14. The van der Waals surface area contributed by atoms with Crippen molar-refractivity contribution < 1.29 is 19.2 Å². The molecule has 0 saturated carbocycles. The SMILES string of the molecule is COCCOCCNC(=O)c1ccc([N+](=O)[O-])c(N)c1. The van der Waals surface area contributed by atoms with Crippen molar-refractivity contribution in [2.75, 3.05) is 39.2 Å². The summed E-state index contributed by atoms with van der Waals surface area (Å²) in [5.41, 5.74) is 5.52. The van der Waals surface area contributed by atoms with E-state index in [9.17, 15) is 14.9 Å². The van der Waals surface area contributed by atoms with Gasteiger partial charge in [-0.15, -0.1) is 0 Å². The molecule has 0 fully saturated rings. The van der Waals surface area contributed by atoms with E-state index in [0.717, 1.165) is 0 Å². The summed E-state index contributed by atoms with van der Waals surface area (Å²) in [7, 11) is 1.57. The smallest absolute Gasteiger partial charge is 0.292 e. The van der Waals surface area contributed by atoms with Gasteiger partial charge in [0, 0.05) is 25.3 Å². The minimum Gasteiger partial charge on any atom is -0.393 e. The zero-order chi connectivity index (χ0) is 15.0. The molecule has 0 spiro atoms. The van der Waals surface area contributed by atoms with Crippen LogP contribution in [-0.4, -0.2) is 44.3 Å². The number of amides is 1. The molecule has 1 amide bonds. The first kappa shape index (κ1) is 15.9. The summed E-state index contributed by atoms with van der Waals surface area (Å²) in [5.74, 6) is -0.359. The van der Waals surface area contributed by atoms with Crippen molar-refractivity contribution in [3.8, 4) is 0 Å². The molecule has 0 saturated heterocycles. The number of nitrogen functional groups attached to an aromatic ring is 1. The third-order valence-electron chi connectivity index (χ3n) is 2.45. The number of rotatable bonds is 8. The maximum atomic E-state index is 11.8. The number of ether oxygens (including phenoxy) is 2. The van der Waals surface area contributed by atoms with E-state index in [1.54, 1.807) is 7.11 Å². The lowest BCUT2D eigenvalue weighted by Gasteiger charge is -2.07. The fourth-order valence-corrected chi connectivity index (χ4v) is 1.45. The summed E-state index contributed by atoms with van der Waals surface area (Å²) in [6, 6.07) is 3.84. The van der Waals surface area contributed by atoms with Crippen LogP contribution in [0.5, 0.6) is 0 Å². The summed E-state index contributed by atoms with van der Waals surface area (Å²) in [6.45, 7) is 1.64. The molecule has 0 aliphatic carbocycles. The first-order valence-corrected chi connectivity index (χ1v) is 5.95. The Morgan fingerprint density at radius 2 is 2.15 bits per heavy atom. The highest BCUT2D eigenvalue weighted by Crippen LogP contribution is 2.21. The molecule has 3 N–H and O–H groups in total. The summed E-state index contributed by atoms with van der Waals surface area (Å²) >= 11 is 0. The number of nitro groups is 1. The van der Waals surface area contributed by atoms with Crippen molar-refractivity contribution in [1.29, 1.82) is 0 Å². The number of nitrogens with one attached hydrogen (secondary N) is 1. The van der Waals surface area contributed by atoms with Gasteiger partial charge in [0.15, 0.2) is 0 Å². The number of carbonyl (C=O) groups excluding carboxylic acids is 1. The molecule has 8 nitrogen and oxygen atoms in total. The van der Waals surface area contributed by atoms with Gasteiger partial charge in [-0.1, -0.05) is 0 Å². The Kier molecular flexibility index (Phi) is 6.41. The maximum absolute atomic E-state index is 11.8. The van der Waals surface area contributed by atoms with Crippen molar-refractivity contribution in [3.63, 3.8) is 0 Å². The Bertz CT molecular complexity index is 478. The second kappa shape index (κ2) is 8.08. The topological polar surface area (TPSA) is 117 Å². The number of methoxy groups -OCH3 is 1. The van der Waals surface area contributed by atoms with Crippen LogP contribution in [0.15, 0.2) is 18.2 Å². The Morgan fingerprint density at radius 1 is 1.40 bits per heavy atom. The number of nitro benzene ring substituents is 1. The standard InChI is InChI=1S/C12H17N3O5/c1-19-6-7-20-5-4-14-12(16)9-2-3-11(15(17)18)10(13)8-9/h2-3,8H,4-7,13H2,1H3,(H,14,16). The van der Waals surface area contributed by atoms with Crippen LogP contribution in [0, 0.1) is 10.1 Å². The number of carbonyl (C=O) groups is 1. The molecule has 0 heterocycles. The molecule has 20 heavy (non-hydrogen) atoms. The minimum absolute atomic E-state index is 0.0426. The quantitative estimate of drug-likeness (QED) is 0.312. The molecular weight excluding hydrogens is 266 g/mol. The van der Waals surface area contributed by atoms with Gasteiger partial charge in [0.25, 0.3) is 11.6 Å². The number of nitrogens with two attached hydrogens (primary N) is 1. The molecule has 1 aromatic carbocycles. The Morgan fingerprint density at radius 3 is 2.75 bits per heavy atom. The first-order chi connectivity index (χ1) is 9.56. The van der Waals surface area contributed by atoms with E-state index in [4.69, 9.17) is 15.2 Å². The zero-order valence-electron chi connectivity index (χ0n) is 11.1. The first-order valence-electron chi connectivity index (χ1n) is 5.95. The van der Waals surface area contributed by atoms with E-state index < -0.39 is 4.92 Å². The molecule has 0 aromatic heterocycles. The molecule has 8 heteroatoms. The van der Waals surface area contributed by atoms with Crippen molar-refractivity contribution in [2.24, 2.45) is 0 Å². The van der Waals surface area contributed by atoms with Crippen LogP contribution in [0.4, 0.5) is 11.4 Å². The number of nitrogens with zero attached hydrogens (tertiary/aromatic N) is 1. The van der Waals surface area contributed by atoms with E-state index in [1.807, 2.05) is 0 Å². The summed E-state index contributed by atoms with van der Waals surface area (Å²) in [6.07, 6.45) is 0. The molecule has 0 aliphatic rings. The lowest BCUT2D eigenvalue weighted by atomic mass is 10.1. The van der Waals surface area contributed by atoms with Gasteiger partial charge in [0.1, 0.15) is 5.69 Å². The van der Waals surface area contributed by atoms with Crippen LogP contribution in [0.2, 0.25) is 0 Å². The van der Waals surface area contributed by atoms with Gasteiger partial charge in [-0.3, -0.25) is 14.9 Å². The average molecular weight is 283 g/mol. The lowest BCUT2D eigenvalue weighted by Crippen LogP contribution is -2.27. The van der Waals surface area contributed by atoms with Crippen LogP contribution >= 0.6 is 0 Å². The monoisotopic (exact) mass is 283 g/mol. The van der Waals surface area contributed by atoms with Gasteiger partial charge >= 0.3 is 0 Å². The molecule has 1 rings (SSSR count). The molecule has 1 aromatic rings. The summed E-state index contributed by atoms with van der Waals surface area (Å²) < 4.78 is 9.98. The van der Waals surface area contributed by atoms with Gasteiger partial charge in [0.2, 0.25) is 0 Å². The van der Waals surface area contributed by atoms with Crippen LogP contribution in [0.1, 0.15) is 10.4 Å². The Labute approximate surface area is 116 Å². The van der Waals surface area contributed by atoms with E-state index in [1.165, 1.54) is 18.2 Å². The Hall–Kier alpha value is -2.19. The fraction of sp³-hybridized carbons (Fsp3) is 0.417. The largest absolute Gasteiger partial charge is 0.393 e. The number of hydrogen-bond acceptors (Lipinski definition) is 6. The van der Waals surface area contributed by atoms with E-state index >= 15 is 0 Å². The average Bonchev–Trinajstić information content (AvgIpc) is 2.41. The van der Waals surface area contributed by atoms with Gasteiger partial charge in [-0.2, -0.15) is 0 Å². The van der Waals surface area contributed by atoms with Crippen molar-refractivity contribution in [1.82, 2.24) is 5.32 Å². The summed E-state index contributed by atoms with van der Waals surface area (Å²) in [5, 5.41) is 13.2. The molecule has 0 bridgehead atoms. The predicted molar refractivity (Wildman–Crippen MR) is 72.5 cm³/mol. The second-order valence-corrected chi connectivity index (χ2v) is 3.89. The third-order valence-corrected chi connectivity index (χ3v) is 2.45. The maximum Gasteiger partial charge on any atom is 0.292 e. The molecule has 0 aliphatic heterocycles. The highest BCUT2D eigenvalue weighted by atomic mass is 16.6. The van der Waals surface area contributed by atoms with Crippen molar-refractivity contribution >= 4 is 17.3 Å². The lowest BCUT2D eigenvalue weighted by molar-refractivity contribution is -0.383. The van der Waals surface area contributed by atoms with E-state index in [0.29, 0.717) is 26.4 Å². The van der Waals surface area contributed by atoms with Crippen LogP contribution < -0.4 is 11.1 Å². The Balaban J connectivity index is 2.44. The number of hydrogen-bond donors (Lipinski definition) is 2. The fourth-order valence-electron chi connectivity index (χ4n) is 1.45. The minimum atomic E-state index is -0.597. The van der Waals surface area contributed by atoms with Gasteiger partial charge < -0.3 is 20.5 Å². The molecule has 0 unspecified atom stereocenters. The van der Waals surface area contributed by atoms with Gasteiger partial charge in [-0.25, -0.2) is 0 Å². The van der Waals surface area contributed by atoms with Crippen LogP contribution in [0.25, 0.3) is 0 Å². The van der Waals surface area contributed by atoms with Gasteiger partial charge in [0.05, 0.1) is 24.7 Å². The van der Waals surface area contributed by atoms with Crippen LogP contribution in [-0.2, 0) is 9.47 Å². The zero-order valence-corrected chi connectivity index (χ0v) is 11.1.